The standard InChI is InChI=1S/C4H6ClN3O/c1-2(5)3-7-8-4(6)9-3/h2H,1H3,(H2,6,8). The highest BCUT2D eigenvalue weighted by molar-refractivity contribution is 6.20. The van der Waals surface area contributed by atoms with Gasteiger partial charge in [-0.3, -0.25) is 0 Å². The topological polar surface area (TPSA) is 64.9 Å². The molecule has 4 nitrogen and oxygen atoms in total. The molecule has 0 fully saturated rings. The van der Waals surface area contributed by atoms with Crippen LogP contribution in [0.1, 0.15) is 18.2 Å². The Balaban J connectivity index is 2.85. The Bertz CT molecular complexity index is 197. The summed E-state index contributed by atoms with van der Waals surface area (Å²) in [5.41, 5.74) is 5.12. The molecule has 0 spiro atoms. The molecule has 1 rings (SSSR count). The summed E-state index contributed by atoms with van der Waals surface area (Å²) in [4.78, 5) is 0. The summed E-state index contributed by atoms with van der Waals surface area (Å²) < 4.78 is 4.77. The average molecular weight is 148 g/mol. The lowest BCUT2D eigenvalue weighted by atomic mass is 10.5. The highest BCUT2D eigenvalue weighted by atomic mass is 35.5. The fraction of sp³-hybridized carbons (Fsp3) is 0.500. The minimum atomic E-state index is -0.269. The van der Waals surface area contributed by atoms with Crippen LogP contribution in [0.4, 0.5) is 6.01 Å². The maximum Gasteiger partial charge on any atom is 0.312 e. The van der Waals surface area contributed by atoms with Gasteiger partial charge >= 0.3 is 6.01 Å². The number of halogens is 1. The molecule has 0 aromatic carbocycles. The third-order valence-electron chi connectivity index (χ3n) is 0.797. The van der Waals surface area contributed by atoms with E-state index in [-0.39, 0.29) is 11.4 Å². The van der Waals surface area contributed by atoms with E-state index < -0.39 is 0 Å². The molecule has 1 unspecified atom stereocenters. The largest absolute Gasteiger partial charge is 0.407 e. The summed E-state index contributed by atoms with van der Waals surface area (Å²) in [5.74, 6) is 0.356. The van der Waals surface area contributed by atoms with Gasteiger partial charge in [-0.15, -0.1) is 16.7 Å². The number of nitrogens with zero attached hydrogens (tertiary/aromatic N) is 2. The highest BCUT2D eigenvalue weighted by Gasteiger charge is 2.07. The lowest BCUT2D eigenvalue weighted by molar-refractivity contribution is 0.511. The van der Waals surface area contributed by atoms with Gasteiger partial charge in [0.15, 0.2) is 0 Å². The third kappa shape index (κ3) is 1.32. The molecule has 1 atom stereocenters. The van der Waals surface area contributed by atoms with Crippen molar-refractivity contribution in [2.24, 2.45) is 0 Å². The number of nitrogen functional groups attached to an aromatic ring is 1. The van der Waals surface area contributed by atoms with Crippen LogP contribution in [0.15, 0.2) is 4.42 Å². The van der Waals surface area contributed by atoms with Gasteiger partial charge in [-0.2, -0.15) is 0 Å². The van der Waals surface area contributed by atoms with Crippen molar-refractivity contribution in [3.63, 3.8) is 0 Å². The first-order chi connectivity index (χ1) is 4.20. The molecule has 50 valence electrons. The van der Waals surface area contributed by atoms with Gasteiger partial charge < -0.3 is 10.2 Å². The van der Waals surface area contributed by atoms with E-state index in [4.69, 9.17) is 21.8 Å². The van der Waals surface area contributed by atoms with Gasteiger partial charge in [-0.25, -0.2) is 0 Å². The molecule has 5 heteroatoms. The molecule has 9 heavy (non-hydrogen) atoms. The number of rotatable bonds is 1. The summed E-state index contributed by atoms with van der Waals surface area (Å²) in [5, 5.41) is 6.69. The van der Waals surface area contributed by atoms with Crippen LogP contribution in [-0.2, 0) is 0 Å². The van der Waals surface area contributed by atoms with E-state index in [0.717, 1.165) is 0 Å². The lowest BCUT2D eigenvalue weighted by Crippen LogP contribution is -1.82. The van der Waals surface area contributed by atoms with Gasteiger partial charge in [0.2, 0.25) is 5.89 Å². The van der Waals surface area contributed by atoms with E-state index in [1.54, 1.807) is 6.92 Å². The zero-order valence-corrected chi connectivity index (χ0v) is 5.59. The van der Waals surface area contributed by atoms with E-state index in [1.165, 1.54) is 0 Å². The van der Waals surface area contributed by atoms with Gasteiger partial charge in [0.05, 0.1) is 0 Å². The van der Waals surface area contributed by atoms with E-state index in [2.05, 4.69) is 10.2 Å². The molecular formula is C4H6ClN3O. The molecular weight excluding hydrogens is 142 g/mol. The van der Waals surface area contributed by atoms with Crippen molar-refractivity contribution >= 4 is 17.6 Å². The van der Waals surface area contributed by atoms with E-state index >= 15 is 0 Å². The predicted octanol–water partition coefficient (Wildman–Crippen LogP) is 0.952. The smallest absolute Gasteiger partial charge is 0.312 e. The quantitative estimate of drug-likeness (QED) is 0.601. The third-order valence-corrected chi connectivity index (χ3v) is 0.983. The fourth-order valence-corrected chi connectivity index (χ4v) is 0.495. The average Bonchev–Trinajstić information content (AvgIpc) is 2.14. The minimum absolute atomic E-state index is 0.0532. The molecule has 0 saturated heterocycles. The summed E-state index contributed by atoms with van der Waals surface area (Å²) >= 11 is 5.56. The maximum absolute atomic E-state index is 5.56. The van der Waals surface area contributed by atoms with Crippen LogP contribution in [0.25, 0.3) is 0 Å². The van der Waals surface area contributed by atoms with Crippen molar-refractivity contribution in [1.82, 2.24) is 10.2 Å². The van der Waals surface area contributed by atoms with E-state index in [1.807, 2.05) is 0 Å². The first-order valence-electron chi connectivity index (χ1n) is 2.43. The Kier molecular flexibility index (Phi) is 1.57. The number of hydrogen-bond acceptors (Lipinski definition) is 4. The van der Waals surface area contributed by atoms with E-state index in [9.17, 15) is 0 Å². The Morgan fingerprint density at radius 2 is 2.33 bits per heavy atom. The Hall–Kier alpha value is -0.770. The van der Waals surface area contributed by atoms with Crippen LogP contribution in [0.2, 0.25) is 0 Å². The second-order valence-electron chi connectivity index (χ2n) is 1.59. The molecule has 0 radical (unpaired) electrons. The maximum atomic E-state index is 5.56. The number of aromatic nitrogens is 2. The second kappa shape index (κ2) is 2.23. The first-order valence-corrected chi connectivity index (χ1v) is 2.86. The van der Waals surface area contributed by atoms with Crippen molar-refractivity contribution < 1.29 is 4.42 Å². The summed E-state index contributed by atoms with van der Waals surface area (Å²) in [6.07, 6.45) is 0. The molecule has 0 bridgehead atoms. The zero-order valence-electron chi connectivity index (χ0n) is 4.84. The predicted molar refractivity (Wildman–Crippen MR) is 33.0 cm³/mol. The first kappa shape index (κ1) is 6.35. The Labute approximate surface area is 57.0 Å². The van der Waals surface area contributed by atoms with Crippen LogP contribution in [-0.4, -0.2) is 10.2 Å². The molecule has 0 aliphatic heterocycles. The fourth-order valence-electron chi connectivity index (χ4n) is 0.407. The van der Waals surface area contributed by atoms with Crippen molar-refractivity contribution in [3.05, 3.63) is 5.89 Å². The van der Waals surface area contributed by atoms with Crippen LogP contribution in [0.3, 0.4) is 0 Å². The van der Waals surface area contributed by atoms with Crippen LogP contribution < -0.4 is 5.73 Å². The SMILES string of the molecule is CC(Cl)c1nnc(N)o1. The van der Waals surface area contributed by atoms with Crippen molar-refractivity contribution in [1.29, 1.82) is 0 Å². The highest BCUT2D eigenvalue weighted by Crippen LogP contribution is 2.17. The molecule has 2 N–H and O–H groups in total. The number of anilines is 1. The number of hydrogen-bond donors (Lipinski definition) is 1. The van der Waals surface area contributed by atoms with Crippen LogP contribution in [0.5, 0.6) is 0 Å². The van der Waals surface area contributed by atoms with Gasteiger partial charge in [-0.1, -0.05) is 5.10 Å². The zero-order chi connectivity index (χ0) is 6.85. The van der Waals surface area contributed by atoms with Crippen molar-refractivity contribution in [2.45, 2.75) is 12.3 Å². The second-order valence-corrected chi connectivity index (χ2v) is 2.25. The van der Waals surface area contributed by atoms with E-state index in [0.29, 0.717) is 5.89 Å². The molecule has 0 amide bonds. The van der Waals surface area contributed by atoms with Gasteiger partial charge in [-0.05, 0) is 6.92 Å². The molecule has 0 aliphatic rings. The number of alkyl halides is 1. The van der Waals surface area contributed by atoms with Crippen molar-refractivity contribution in [3.8, 4) is 0 Å². The molecule has 1 aromatic heterocycles. The Morgan fingerprint density at radius 3 is 2.56 bits per heavy atom. The van der Waals surface area contributed by atoms with Crippen LogP contribution >= 0.6 is 11.6 Å². The molecule has 1 heterocycles. The lowest BCUT2D eigenvalue weighted by Gasteiger charge is -1.89. The van der Waals surface area contributed by atoms with Crippen LogP contribution in [0, 0.1) is 0 Å². The molecule has 0 aliphatic carbocycles. The normalized spacial score (nSPS) is 13.6. The Morgan fingerprint density at radius 1 is 1.67 bits per heavy atom. The van der Waals surface area contributed by atoms with Gasteiger partial charge in [0, 0.05) is 0 Å². The van der Waals surface area contributed by atoms with Gasteiger partial charge in [0.25, 0.3) is 0 Å². The molecule has 0 saturated carbocycles. The summed E-state index contributed by atoms with van der Waals surface area (Å²) in [7, 11) is 0. The minimum Gasteiger partial charge on any atom is -0.407 e. The van der Waals surface area contributed by atoms with Crippen molar-refractivity contribution in [2.75, 3.05) is 5.73 Å². The summed E-state index contributed by atoms with van der Waals surface area (Å²) in [6.45, 7) is 1.73. The monoisotopic (exact) mass is 147 g/mol. The summed E-state index contributed by atoms with van der Waals surface area (Å²) in [6, 6.07) is 0.0532. The molecule has 1 aromatic rings. The van der Waals surface area contributed by atoms with Gasteiger partial charge in [0.1, 0.15) is 5.38 Å². The number of nitrogens with two attached hydrogens (primary N) is 1.